The highest BCUT2D eigenvalue weighted by atomic mass is 35.5. The van der Waals surface area contributed by atoms with Crippen LogP contribution in [0.1, 0.15) is 16.8 Å². The summed E-state index contributed by atoms with van der Waals surface area (Å²) < 4.78 is 6.73. The maximum absolute atomic E-state index is 12.3. The van der Waals surface area contributed by atoms with Crippen molar-refractivity contribution in [2.45, 2.75) is 6.92 Å². The molecule has 0 saturated heterocycles. The molecule has 0 atom stereocenters. The van der Waals surface area contributed by atoms with Gasteiger partial charge in [0.25, 0.3) is 5.69 Å². The number of nitro benzene ring substituents is 1. The highest BCUT2D eigenvalue weighted by molar-refractivity contribution is 6.34. The van der Waals surface area contributed by atoms with Gasteiger partial charge in [0.2, 0.25) is 5.90 Å². The number of non-ortho nitro benzene ring substituents is 1. The van der Waals surface area contributed by atoms with Crippen molar-refractivity contribution >= 4 is 46.8 Å². The summed E-state index contributed by atoms with van der Waals surface area (Å²) >= 11 is 12.6. The number of para-hydroxylation sites is 1. The molecule has 0 bridgehead atoms. The first-order valence-corrected chi connectivity index (χ1v) is 9.38. The number of aliphatic imine (C=N–C) groups is 1. The molecule has 0 amide bonds. The minimum absolute atomic E-state index is 0.0230. The number of esters is 1. The zero-order chi connectivity index (χ0) is 21.4. The maximum Gasteiger partial charge on any atom is 0.363 e. The van der Waals surface area contributed by atoms with Gasteiger partial charge in [0.1, 0.15) is 5.15 Å². The van der Waals surface area contributed by atoms with Crippen LogP contribution in [0.5, 0.6) is 0 Å². The second-order valence-electron chi connectivity index (χ2n) is 6.29. The van der Waals surface area contributed by atoms with E-state index in [-0.39, 0.29) is 27.9 Å². The van der Waals surface area contributed by atoms with Crippen LogP contribution in [0.25, 0.3) is 11.8 Å². The van der Waals surface area contributed by atoms with Crippen molar-refractivity contribution in [2.24, 2.45) is 4.99 Å². The standard InChI is InChI=1S/C20H12Cl2N4O4/c1-11-14(18(22)25(24-11)12-5-3-2-4-6-12)10-17-20(27)30-19(23-17)15-9-13(26(28)29)7-8-16(15)21/h2-10H,1H3/b17-10-. The number of nitro groups is 1. The van der Waals surface area contributed by atoms with E-state index in [1.165, 1.54) is 24.3 Å². The Morgan fingerprint density at radius 3 is 2.60 bits per heavy atom. The van der Waals surface area contributed by atoms with Gasteiger partial charge in [-0.3, -0.25) is 10.1 Å². The first-order valence-electron chi connectivity index (χ1n) is 8.62. The number of benzene rings is 2. The number of halogens is 2. The Hall–Kier alpha value is -3.49. The normalized spacial score (nSPS) is 14.7. The number of hydrogen-bond acceptors (Lipinski definition) is 6. The minimum atomic E-state index is -0.726. The lowest BCUT2D eigenvalue weighted by atomic mass is 10.2. The van der Waals surface area contributed by atoms with Gasteiger partial charge in [0.05, 0.1) is 26.9 Å². The van der Waals surface area contributed by atoms with E-state index in [1.807, 2.05) is 30.3 Å². The van der Waals surface area contributed by atoms with Crippen LogP contribution in [-0.4, -0.2) is 26.6 Å². The molecule has 0 unspecified atom stereocenters. The van der Waals surface area contributed by atoms with Crippen molar-refractivity contribution in [3.05, 3.63) is 91.3 Å². The zero-order valence-corrected chi connectivity index (χ0v) is 16.9. The van der Waals surface area contributed by atoms with Crippen molar-refractivity contribution in [1.82, 2.24) is 9.78 Å². The fraction of sp³-hybridized carbons (Fsp3) is 0.0500. The van der Waals surface area contributed by atoms with E-state index in [2.05, 4.69) is 10.1 Å². The largest absolute Gasteiger partial charge is 0.402 e. The van der Waals surface area contributed by atoms with Crippen molar-refractivity contribution in [3.63, 3.8) is 0 Å². The van der Waals surface area contributed by atoms with Gasteiger partial charge in [-0.15, -0.1) is 0 Å². The summed E-state index contributed by atoms with van der Waals surface area (Å²) in [5.41, 5.74) is 1.77. The van der Waals surface area contributed by atoms with E-state index >= 15 is 0 Å². The lowest BCUT2D eigenvalue weighted by Gasteiger charge is -2.02. The minimum Gasteiger partial charge on any atom is -0.402 e. The van der Waals surface area contributed by atoms with Crippen molar-refractivity contribution in [1.29, 1.82) is 0 Å². The topological polar surface area (TPSA) is 99.6 Å². The number of rotatable bonds is 4. The maximum atomic E-state index is 12.3. The van der Waals surface area contributed by atoms with Crippen LogP contribution < -0.4 is 0 Å². The Kier molecular flexibility index (Phi) is 5.11. The first kappa shape index (κ1) is 19.8. The summed E-state index contributed by atoms with van der Waals surface area (Å²) in [6, 6.07) is 13.1. The quantitative estimate of drug-likeness (QED) is 0.251. The molecule has 30 heavy (non-hydrogen) atoms. The van der Waals surface area contributed by atoms with E-state index in [0.29, 0.717) is 16.4 Å². The van der Waals surface area contributed by atoms with Crippen LogP contribution in [0.3, 0.4) is 0 Å². The molecular weight excluding hydrogens is 431 g/mol. The van der Waals surface area contributed by atoms with Gasteiger partial charge in [0, 0.05) is 17.7 Å². The van der Waals surface area contributed by atoms with E-state index in [0.717, 1.165) is 5.69 Å². The Labute approximate surface area is 180 Å². The second-order valence-corrected chi connectivity index (χ2v) is 7.06. The summed E-state index contributed by atoms with van der Waals surface area (Å²) in [6.07, 6.45) is 1.46. The van der Waals surface area contributed by atoms with Crippen LogP contribution >= 0.6 is 23.2 Å². The van der Waals surface area contributed by atoms with E-state index in [4.69, 9.17) is 27.9 Å². The number of aryl methyl sites for hydroxylation is 1. The first-order chi connectivity index (χ1) is 14.3. The Morgan fingerprint density at radius 1 is 1.17 bits per heavy atom. The van der Waals surface area contributed by atoms with E-state index in [9.17, 15) is 14.9 Å². The number of ether oxygens (including phenoxy) is 1. The molecule has 8 nitrogen and oxygen atoms in total. The van der Waals surface area contributed by atoms with E-state index < -0.39 is 10.9 Å². The third kappa shape index (κ3) is 3.58. The van der Waals surface area contributed by atoms with Gasteiger partial charge in [-0.2, -0.15) is 5.10 Å². The summed E-state index contributed by atoms with van der Waals surface area (Å²) in [6.45, 7) is 1.75. The number of carbonyl (C=O) groups excluding carboxylic acids is 1. The van der Waals surface area contributed by atoms with Gasteiger partial charge >= 0.3 is 5.97 Å². The monoisotopic (exact) mass is 442 g/mol. The molecule has 0 saturated carbocycles. The van der Waals surface area contributed by atoms with Crippen LogP contribution in [0.4, 0.5) is 5.69 Å². The van der Waals surface area contributed by atoms with Crippen molar-refractivity contribution in [3.8, 4) is 5.69 Å². The molecular formula is C20H12Cl2N4O4. The summed E-state index contributed by atoms with van der Waals surface area (Å²) in [4.78, 5) is 27.0. The van der Waals surface area contributed by atoms with Crippen molar-refractivity contribution in [2.75, 3.05) is 0 Å². The molecule has 150 valence electrons. The van der Waals surface area contributed by atoms with Crippen LogP contribution in [0.2, 0.25) is 10.2 Å². The zero-order valence-electron chi connectivity index (χ0n) is 15.4. The number of cyclic esters (lactones) is 1. The fourth-order valence-corrected chi connectivity index (χ4v) is 3.39. The Morgan fingerprint density at radius 2 is 1.90 bits per heavy atom. The average molecular weight is 443 g/mol. The molecule has 0 radical (unpaired) electrons. The molecule has 2 aromatic carbocycles. The summed E-state index contributed by atoms with van der Waals surface area (Å²) in [5.74, 6) is -0.848. The molecule has 10 heteroatoms. The Bertz CT molecular complexity index is 1250. The second kappa shape index (κ2) is 7.74. The van der Waals surface area contributed by atoms with Crippen LogP contribution in [0, 0.1) is 17.0 Å². The third-order valence-corrected chi connectivity index (χ3v) is 5.03. The highest BCUT2D eigenvalue weighted by Crippen LogP contribution is 2.30. The van der Waals surface area contributed by atoms with Crippen molar-refractivity contribution < 1.29 is 14.5 Å². The molecule has 1 aromatic heterocycles. The molecule has 1 aliphatic rings. The van der Waals surface area contributed by atoms with Gasteiger partial charge in [-0.05, 0) is 31.2 Å². The number of nitrogens with zero attached hydrogens (tertiary/aromatic N) is 4. The van der Waals surface area contributed by atoms with Crippen LogP contribution in [0.15, 0.2) is 59.2 Å². The molecule has 2 heterocycles. The number of carbonyl (C=O) groups is 1. The molecule has 1 aliphatic heterocycles. The predicted molar refractivity (Wildman–Crippen MR) is 112 cm³/mol. The van der Waals surface area contributed by atoms with Gasteiger partial charge in [-0.1, -0.05) is 41.4 Å². The van der Waals surface area contributed by atoms with Crippen LogP contribution in [-0.2, 0) is 9.53 Å². The average Bonchev–Trinajstić information content (AvgIpc) is 3.23. The molecule has 0 N–H and O–H groups in total. The lowest BCUT2D eigenvalue weighted by Crippen LogP contribution is -2.06. The summed E-state index contributed by atoms with van der Waals surface area (Å²) in [5, 5.41) is 15.9. The van der Waals surface area contributed by atoms with Gasteiger partial charge in [-0.25, -0.2) is 14.5 Å². The molecule has 3 aromatic rings. The Balaban J connectivity index is 1.75. The van der Waals surface area contributed by atoms with E-state index in [1.54, 1.807) is 11.6 Å². The fourth-order valence-electron chi connectivity index (χ4n) is 2.87. The molecule has 0 aliphatic carbocycles. The molecule has 0 fully saturated rings. The van der Waals surface area contributed by atoms with Gasteiger partial charge < -0.3 is 4.74 Å². The number of hydrogen-bond donors (Lipinski definition) is 0. The SMILES string of the molecule is Cc1nn(-c2ccccc2)c(Cl)c1/C=C1\N=C(c2cc([N+](=O)[O-])ccc2Cl)OC1=O. The highest BCUT2D eigenvalue weighted by Gasteiger charge is 2.28. The smallest absolute Gasteiger partial charge is 0.363 e. The number of aromatic nitrogens is 2. The third-order valence-electron chi connectivity index (χ3n) is 4.34. The molecule has 0 spiro atoms. The van der Waals surface area contributed by atoms with Gasteiger partial charge in [0.15, 0.2) is 5.70 Å². The molecule has 4 rings (SSSR count). The predicted octanol–water partition coefficient (Wildman–Crippen LogP) is 4.74. The summed E-state index contributed by atoms with van der Waals surface area (Å²) in [7, 11) is 0. The lowest BCUT2D eigenvalue weighted by molar-refractivity contribution is -0.384.